The lowest BCUT2D eigenvalue weighted by Gasteiger charge is -2.33. The molecule has 3 N–H and O–H groups in total. The van der Waals surface area contributed by atoms with Gasteiger partial charge < -0.3 is 34.9 Å². The topological polar surface area (TPSA) is 144 Å². The normalized spacial score (nSPS) is 16.6. The monoisotopic (exact) mass is 669 g/mol. The molecule has 47 heavy (non-hydrogen) atoms. The van der Waals surface area contributed by atoms with E-state index in [-0.39, 0.29) is 31.2 Å². The predicted molar refractivity (Wildman–Crippen MR) is 160 cm³/mol. The lowest BCUT2D eigenvalue weighted by Crippen LogP contribution is -2.57. The van der Waals surface area contributed by atoms with Gasteiger partial charge in [-0.3, -0.25) is 19.2 Å². The number of esters is 1. The molecule has 0 spiro atoms. The Balaban J connectivity index is 1.72. The number of benzene rings is 2. The molecule has 1 aliphatic heterocycles. The van der Waals surface area contributed by atoms with E-state index in [1.165, 1.54) is 0 Å². The first-order valence-electron chi connectivity index (χ1n) is 14.8. The predicted octanol–water partition coefficient (Wildman–Crippen LogP) is 3.36. The number of hydrogen-bond donors (Lipinski definition) is 3. The summed E-state index contributed by atoms with van der Waals surface area (Å²) >= 11 is 0. The number of hydrogen-bond acceptors (Lipinski definition) is 8. The highest BCUT2D eigenvalue weighted by Gasteiger charge is 2.36. The number of morpholine rings is 1. The molecule has 0 saturated carbocycles. The van der Waals surface area contributed by atoms with Crippen molar-refractivity contribution in [1.29, 1.82) is 0 Å². The van der Waals surface area contributed by atoms with Crippen LogP contribution in [-0.2, 0) is 34.1 Å². The molecule has 15 heteroatoms. The fourth-order valence-electron chi connectivity index (χ4n) is 4.64. The molecule has 1 aliphatic rings. The molecule has 2 aromatic rings. The summed E-state index contributed by atoms with van der Waals surface area (Å²) in [6.07, 6.45) is -3.89. The summed E-state index contributed by atoms with van der Waals surface area (Å²) in [5.41, 5.74) is -0.0504. The Hall–Kier alpha value is -4.24. The van der Waals surface area contributed by atoms with E-state index < -0.39 is 89.6 Å². The number of anilines is 1. The largest absolute Gasteiger partial charge is 0.485 e. The van der Waals surface area contributed by atoms with Crippen molar-refractivity contribution in [3.05, 3.63) is 59.2 Å². The molecule has 0 radical (unpaired) electrons. The number of nitrogens with zero attached hydrogens (tertiary/aromatic N) is 1. The second kappa shape index (κ2) is 15.1. The van der Waals surface area contributed by atoms with E-state index in [9.17, 15) is 41.8 Å². The van der Waals surface area contributed by atoms with Gasteiger partial charge in [-0.05, 0) is 37.8 Å². The van der Waals surface area contributed by atoms with Crippen molar-refractivity contribution in [2.75, 3.05) is 31.6 Å². The van der Waals surface area contributed by atoms with E-state index in [1.54, 1.807) is 39.0 Å². The van der Waals surface area contributed by atoms with Crippen LogP contribution in [0.4, 0.5) is 23.2 Å². The van der Waals surface area contributed by atoms with Crippen LogP contribution in [-0.4, -0.2) is 83.9 Å². The van der Waals surface area contributed by atoms with Gasteiger partial charge in [0, 0.05) is 18.3 Å². The maximum absolute atomic E-state index is 14.1. The van der Waals surface area contributed by atoms with Gasteiger partial charge in [-0.15, -0.1) is 0 Å². The molecule has 11 nitrogen and oxygen atoms in total. The molecule has 0 aromatic heterocycles. The first-order valence-corrected chi connectivity index (χ1v) is 14.8. The zero-order valence-corrected chi connectivity index (χ0v) is 26.9. The van der Waals surface area contributed by atoms with Gasteiger partial charge in [-0.1, -0.05) is 39.0 Å². The highest BCUT2D eigenvalue weighted by atomic mass is 19.2. The fraction of sp³-hybridized carbons (Fsp3) is 0.500. The van der Waals surface area contributed by atoms with Crippen LogP contribution in [0.5, 0.6) is 5.75 Å². The summed E-state index contributed by atoms with van der Waals surface area (Å²) in [5.74, 6) is -12.3. The van der Waals surface area contributed by atoms with Crippen molar-refractivity contribution >= 4 is 29.4 Å². The standard InChI is InChI=1S/C32H39F4N3O8/c1-31(2,3)17-9-7-8-10-20(17)37-29(43)30(44)39-11-12-45-23(15-39)28(42)38-21(14-24(41)47-32(4,5)6)22(40)16-46-27-25(35)18(33)13-19(34)26(27)36/h7-10,13,21-23,40H,11-12,14-16H2,1-6H3,(H,37,43)(H,38,42)/t21-,22?,23?/m0/s1. The molecule has 2 aromatic carbocycles. The Morgan fingerprint density at radius 2 is 1.64 bits per heavy atom. The lowest BCUT2D eigenvalue weighted by atomic mass is 9.86. The van der Waals surface area contributed by atoms with Gasteiger partial charge in [0.25, 0.3) is 5.91 Å². The second-order valence-electron chi connectivity index (χ2n) is 12.9. The van der Waals surface area contributed by atoms with Crippen LogP contribution < -0.4 is 15.4 Å². The first-order chi connectivity index (χ1) is 21.8. The van der Waals surface area contributed by atoms with Crippen molar-refractivity contribution in [3.63, 3.8) is 0 Å². The number of rotatable bonds is 9. The third-order valence-corrected chi connectivity index (χ3v) is 6.89. The molecule has 3 atom stereocenters. The lowest BCUT2D eigenvalue weighted by molar-refractivity contribution is -0.157. The van der Waals surface area contributed by atoms with E-state index in [2.05, 4.69) is 10.6 Å². The van der Waals surface area contributed by atoms with Crippen molar-refractivity contribution in [2.24, 2.45) is 0 Å². The Labute approximate surface area is 269 Å². The number of carbonyl (C=O) groups is 4. The average molecular weight is 670 g/mol. The van der Waals surface area contributed by atoms with Crippen LogP contribution in [0.25, 0.3) is 0 Å². The quantitative estimate of drug-likeness (QED) is 0.160. The SMILES string of the molecule is CC(C)(C)OC(=O)C[C@H](NC(=O)C1CN(C(=O)C(=O)Nc2ccccc2C(C)(C)C)CCO1)C(O)COc1c(F)c(F)cc(F)c1F. The molecular weight excluding hydrogens is 630 g/mol. The number of nitrogens with one attached hydrogen (secondary N) is 2. The van der Waals surface area contributed by atoms with Gasteiger partial charge >= 0.3 is 17.8 Å². The van der Waals surface area contributed by atoms with Crippen molar-refractivity contribution in [1.82, 2.24) is 10.2 Å². The molecule has 2 unspecified atom stereocenters. The second-order valence-corrected chi connectivity index (χ2v) is 12.9. The van der Waals surface area contributed by atoms with Gasteiger partial charge in [0.15, 0.2) is 23.5 Å². The van der Waals surface area contributed by atoms with Crippen molar-refractivity contribution in [3.8, 4) is 5.75 Å². The first kappa shape index (κ1) is 37.2. The zero-order valence-electron chi connectivity index (χ0n) is 26.9. The maximum Gasteiger partial charge on any atom is 0.313 e. The molecule has 0 aliphatic carbocycles. The number of aliphatic hydroxyl groups is 1. The number of amides is 3. The third kappa shape index (κ3) is 10.1. The van der Waals surface area contributed by atoms with Crippen molar-refractivity contribution < 1.29 is 56.1 Å². The Bertz CT molecular complexity index is 1470. The molecule has 1 fully saturated rings. The zero-order chi connectivity index (χ0) is 35.3. The highest BCUT2D eigenvalue weighted by Crippen LogP contribution is 2.29. The minimum Gasteiger partial charge on any atom is -0.485 e. The van der Waals surface area contributed by atoms with Crippen LogP contribution in [0.3, 0.4) is 0 Å². The van der Waals surface area contributed by atoms with Crippen LogP contribution in [0.1, 0.15) is 53.5 Å². The summed E-state index contributed by atoms with van der Waals surface area (Å²) < 4.78 is 70.9. The van der Waals surface area contributed by atoms with Crippen LogP contribution >= 0.6 is 0 Å². The highest BCUT2D eigenvalue weighted by molar-refractivity contribution is 6.39. The Kier molecular flexibility index (Phi) is 12.0. The van der Waals surface area contributed by atoms with Gasteiger partial charge in [0.05, 0.1) is 25.6 Å². The minimum atomic E-state index is -1.87. The molecule has 0 bridgehead atoms. The summed E-state index contributed by atoms with van der Waals surface area (Å²) in [6.45, 7) is 9.01. The summed E-state index contributed by atoms with van der Waals surface area (Å²) in [7, 11) is 0. The van der Waals surface area contributed by atoms with Crippen molar-refractivity contribution in [2.45, 2.75) is 77.2 Å². The molecule has 3 rings (SSSR count). The minimum absolute atomic E-state index is 0.0178. The molecule has 3 amide bonds. The van der Waals surface area contributed by atoms with Crippen LogP contribution in [0, 0.1) is 23.3 Å². The van der Waals surface area contributed by atoms with E-state index in [0.29, 0.717) is 5.69 Å². The maximum atomic E-state index is 14.1. The molecule has 1 heterocycles. The van der Waals surface area contributed by atoms with Gasteiger partial charge in [0.2, 0.25) is 11.6 Å². The number of halogens is 4. The number of aliphatic hydroxyl groups excluding tert-OH is 1. The van der Waals surface area contributed by atoms with Gasteiger partial charge in [0.1, 0.15) is 18.3 Å². The molecular formula is C32H39F4N3O8. The van der Waals surface area contributed by atoms with Gasteiger partial charge in [-0.25, -0.2) is 8.78 Å². The smallest absolute Gasteiger partial charge is 0.313 e. The Morgan fingerprint density at radius 3 is 2.23 bits per heavy atom. The fourth-order valence-corrected chi connectivity index (χ4v) is 4.64. The van der Waals surface area contributed by atoms with E-state index in [4.69, 9.17) is 14.2 Å². The number of para-hydroxylation sites is 1. The molecule has 1 saturated heterocycles. The Morgan fingerprint density at radius 1 is 1.02 bits per heavy atom. The van der Waals surface area contributed by atoms with Crippen LogP contribution in [0.2, 0.25) is 0 Å². The summed E-state index contributed by atoms with van der Waals surface area (Å²) in [6, 6.07) is 5.46. The van der Waals surface area contributed by atoms with E-state index in [1.807, 2.05) is 26.8 Å². The van der Waals surface area contributed by atoms with E-state index >= 15 is 0 Å². The number of carbonyl (C=O) groups excluding carboxylic acids is 4. The average Bonchev–Trinajstić information content (AvgIpc) is 2.98. The molecule has 258 valence electrons. The van der Waals surface area contributed by atoms with Gasteiger partial charge in [-0.2, -0.15) is 8.78 Å². The summed E-state index contributed by atoms with van der Waals surface area (Å²) in [5, 5.41) is 15.8. The van der Waals surface area contributed by atoms with Crippen LogP contribution in [0.15, 0.2) is 30.3 Å². The van der Waals surface area contributed by atoms with E-state index in [0.717, 1.165) is 10.5 Å². The third-order valence-electron chi connectivity index (χ3n) is 6.89. The summed E-state index contributed by atoms with van der Waals surface area (Å²) in [4.78, 5) is 52.9. The number of ether oxygens (including phenoxy) is 3.